The summed E-state index contributed by atoms with van der Waals surface area (Å²) in [5, 5.41) is 3.10. The predicted molar refractivity (Wildman–Crippen MR) is 86.2 cm³/mol. The molecule has 0 aliphatic carbocycles. The molecule has 1 aromatic rings. The van der Waals surface area contributed by atoms with Gasteiger partial charge in [-0.25, -0.2) is 0 Å². The van der Waals surface area contributed by atoms with Crippen molar-refractivity contribution in [2.75, 3.05) is 11.9 Å². The average Bonchev–Trinajstić information content (AvgIpc) is 2.26. The monoisotopic (exact) mass is 347 g/mol. The SMILES string of the molecule is CCc1cccc(NC(N)=NCC(C)C)c1.I. The maximum absolute atomic E-state index is 5.78. The van der Waals surface area contributed by atoms with Crippen LogP contribution in [0.5, 0.6) is 0 Å². The van der Waals surface area contributed by atoms with Crippen LogP contribution in [0.15, 0.2) is 29.3 Å². The third kappa shape index (κ3) is 6.51. The zero-order chi connectivity index (χ0) is 12.0. The van der Waals surface area contributed by atoms with Gasteiger partial charge in [0.05, 0.1) is 0 Å². The molecule has 0 aliphatic heterocycles. The minimum absolute atomic E-state index is 0. The van der Waals surface area contributed by atoms with Crippen LogP contribution in [0.1, 0.15) is 26.3 Å². The molecule has 0 fully saturated rings. The summed E-state index contributed by atoms with van der Waals surface area (Å²) in [7, 11) is 0. The highest BCUT2D eigenvalue weighted by Gasteiger charge is 1.97. The molecule has 0 atom stereocenters. The Bertz CT molecular complexity index is 361. The molecule has 3 N–H and O–H groups in total. The van der Waals surface area contributed by atoms with Crippen LogP contribution in [0, 0.1) is 5.92 Å². The lowest BCUT2D eigenvalue weighted by atomic mass is 10.1. The smallest absolute Gasteiger partial charge is 0.193 e. The normalized spacial score (nSPS) is 11.2. The Balaban J connectivity index is 0.00000256. The number of benzene rings is 1. The fraction of sp³-hybridized carbons (Fsp3) is 0.462. The van der Waals surface area contributed by atoms with E-state index in [1.54, 1.807) is 0 Å². The van der Waals surface area contributed by atoms with Crippen LogP contribution >= 0.6 is 24.0 Å². The van der Waals surface area contributed by atoms with Crippen LogP contribution in [-0.2, 0) is 6.42 Å². The van der Waals surface area contributed by atoms with E-state index in [1.807, 2.05) is 12.1 Å². The molecular formula is C13H22IN3. The quantitative estimate of drug-likeness (QED) is 0.499. The van der Waals surface area contributed by atoms with Crippen LogP contribution in [0.4, 0.5) is 5.69 Å². The van der Waals surface area contributed by atoms with Crippen molar-refractivity contribution in [3.05, 3.63) is 29.8 Å². The van der Waals surface area contributed by atoms with E-state index in [4.69, 9.17) is 5.73 Å². The number of guanidine groups is 1. The van der Waals surface area contributed by atoms with Crippen molar-refractivity contribution in [2.24, 2.45) is 16.6 Å². The molecule has 0 aliphatic rings. The number of hydrogen-bond donors (Lipinski definition) is 2. The van der Waals surface area contributed by atoms with E-state index in [-0.39, 0.29) is 24.0 Å². The zero-order valence-corrected chi connectivity index (χ0v) is 13.1. The standard InChI is InChI=1S/C13H21N3.HI/c1-4-11-6-5-7-12(8-11)16-13(14)15-9-10(2)3;/h5-8,10H,4,9H2,1-3H3,(H3,14,15,16);1H. The second-order valence-corrected chi connectivity index (χ2v) is 4.30. The summed E-state index contributed by atoms with van der Waals surface area (Å²) in [6.45, 7) is 7.13. The maximum atomic E-state index is 5.78. The van der Waals surface area contributed by atoms with E-state index in [0.29, 0.717) is 11.9 Å². The summed E-state index contributed by atoms with van der Waals surface area (Å²) in [6.07, 6.45) is 1.03. The van der Waals surface area contributed by atoms with E-state index >= 15 is 0 Å². The molecule has 0 radical (unpaired) electrons. The number of aliphatic imine (C=N–C) groups is 1. The minimum Gasteiger partial charge on any atom is -0.370 e. The van der Waals surface area contributed by atoms with Gasteiger partial charge in [0.2, 0.25) is 0 Å². The van der Waals surface area contributed by atoms with Crippen LogP contribution < -0.4 is 11.1 Å². The molecule has 4 heteroatoms. The van der Waals surface area contributed by atoms with E-state index in [0.717, 1.165) is 18.7 Å². The Labute approximate surface area is 121 Å². The second-order valence-electron chi connectivity index (χ2n) is 4.30. The van der Waals surface area contributed by atoms with Gasteiger partial charge in [0.25, 0.3) is 0 Å². The highest BCUT2D eigenvalue weighted by molar-refractivity contribution is 14.0. The first-order chi connectivity index (χ1) is 7.61. The molecule has 0 unspecified atom stereocenters. The van der Waals surface area contributed by atoms with Crippen molar-refractivity contribution < 1.29 is 0 Å². The third-order valence-electron chi connectivity index (χ3n) is 2.23. The molecular weight excluding hydrogens is 325 g/mol. The molecule has 0 saturated carbocycles. The van der Waals surface area contributed by atoms with Gasteiger partial charge < -0.3 is 11.1 Å². The van der Waals surface area contributed by atoms with Gasteiger partial charge in [-0.2, -0.15) is 0 Å². The number of nitrogens with zero attached hydrogens (tertiary/aromatic N) is 1. The molecule has 0 aromatic heterocycles. The Morgan fingerprint density at radius 1 is 1.41 bits per heavy atom. The molecule has 0 bridgehead atoms. The van der Waals surface area contributed by atoms with E-state index in [1.165, 1.54) is 5.56 Å². The molecule has 96 valence electrons. The summed E-state index contributed by atoms with van der Waals surface area (Å²) in [4.78, 5) is 4.26. The molecule has 0 saturated heterocycles. The molecule has 3 nitrogen and oxygen atoms in total. The minimum atomic E-state index is 0. The molecule has 1 rings (SSSR count). The van der Waals surface area contributed by atoms with Crippen molar-refractivity contribution >= 4 is 35.6 Å². The highest BCUT2D eigenvalue weighted by atomic mass is 127. The first-order valence-corrected chi connectivity index (χ1v) is 5.77. The molecule has 1 aromatic carbocycles. The molecule has 0 spiro atoms. The average molecular weight is 347 g/mol. The van der Waals surface area contributed by atoms with Crippen molar-refractivity contribution in [3.63, 3.8) is 0 Å². The van der Waals surface area contributed by atoms with Gasteiger partial charge in [-0.15, -0.1) is 24.0 Å². The van der Waals surface area contributed by atoms with Gasteiger partial charge in [-0.05, 0) is 30.0 Å². The summed E-state index contributed by atoms with van der Waals surface area (Å²) in [5.41, 5.74) is 8.08. The van der Waals surface area contributed by atoms with Gasteiger partial charge in [-0.3, -0.25) is 4.99 Å². The highest BCUT2D eigenvalue weighted by Crippen LogP contribution is 2.10. The van der Waals surface area contributed by atoms with Crippen molar-refractivity contribution in [3.8, 4) is 0 Å². The number of anilines is 1. The topological polar surface area (TPSA) is 50.4 Å². The fourth-order valence-corrected chi connectivity index (χ4v) is 1.34. The van der Waals surface area contributed by atoms with Crippen LogP contribution in [0.2, 0.25) is 0 Å². The Morgan fingerprint density at radius 3 is 2.71 bits per heavy atom. The van der Waals surface area contributed by atoms with Gasteiger partial charge in [0, 0.05) is 12.2 Å². The molecule has 0 amide bonds. The lowest BCUT2D eigenvalue weighted by molar-refractivity contribution is 0.665. The molecule has 17 heavy (non-hydrogen) atoms. The summed E-state index contributed by atoms with van der Waals surface area (Å²) >= 11 is 0. The number of nitrogens with two attached hydrogens (primary N) is 1. The van der Waals surface area contributed by atoms with Crippen molar-refractivity contribution in [2.45, 2.75) is 27.2 Å². The fourth-order valence-electron chi connectivity index (χ4n) is 1.34. The number of hydrogen-bond acceptors (Lipinski definition) is 1. The zero-order valence-electron chi connectivity index (χ0n) is 10.7. The van der Waals surface area contributed by atoms with Gasteiger partial charge in [-0.1, -0.05) is 32.9 Å². The number of nitrogens with one attached hydrogen (secondary N) is 1. The number of halogens is 1. The van der Waals surface area contributed by atoms with Gasteiger partial charge in [0.15, 0.2) is 5.96 Å². The van der Waals surface area contributed by atoms with E-state index in [9.17, 15) is 0 Å². The predicted octanol–water partition coefficient (Wildman–Crippen LogP) is 3.25. The summed E-state index contributed by atoms with van der Waals surface area (Å²) < 4.78 is 0. The Morgan fingerprint density at radius 2 is 2.12 bits per heavy atom. The first-order valence-electron chi connectivity index (χ1n) is 5.77. The lowest BCUT2D eigenvalue weighted by Gasteiger charge is -2.07. The third-order valence-corrected chi connectivity index (χ3v) is 2.23. The molecule has 0 heterocycles. The van der Waals surface area contributed by atoms with E-state index in [2.05, 4.69) is 43.2 Å². The first kappa shape index (κ1) is 16.2. The second kappa shape index (κ2) is 8.33. The Hall–Kier alpha value is -0.780. The summed E-state index contributed by atoms with van der Waals surface area (Å²) in [5.74, 6) is 1.02. The number of rotatable bonds is 4. The number of aryl methyl sites for hydroxylation is 1. The van der Waals surface area contributed by atoms with Crippen molar-refractivity contribution in [1.29, 1.82) is 0 Å². The van der Waals surface area contributed by atoms with Crippen LogP contribution in [0.3, 0.4) is 0 Å². The van der Waals surface area contributed by atoms with E-state index < -0.39 is 0 Å². The van der Waals surface area contributed by atoms with Crippen molar-refractivity contribution in [1.82, 2.24) is 0 Å². The van der Waals surface area contributed by atoms with Gasteiger partial charge >= 0.3 is 0 Å². The lowest BCUT2D eigenvalue weighted by Crippen LogP contribution is -2.23. The van der Waals surface area contributed by atoms with Crippen LogP contribution in [-0.4, -0.2) is 12.5 Å². The Kier molecular flexibility index (Phi) is 7.95. The maximum Gasteiger partial charge on any atom is 0.193 e. The van der Waals surface area contributed by atoms with Crippen LogP contribution in [0.25, 0.3) is 0 Å². The van der Waals surface area contributed by atoms with Gasteiger partial charge in [0.1, 0.15) is 0 Å². The largest absolute Gasteiger partial charge is 0.370 e. The summed E-state index contributed by atoms with van der Waals surface area (Å²) in [6, 6.07) is 8.22.